The highest BCUT2D eigenvalue weighted by molar-refractivity contribution is 5.79. The van der Waals surface area contributed by atoms with Gasteiger partial charge in [0.2, 0.25) is 0 Å². The molecular weight excluding hydrogens is 166 g/mol. The molecule has 2 atom stereocenters. The molecule has 0 aromatic heterocycles. The summed E-state index contributed by atoms with van der Waals surface area (Å²) >= 11 is 0. The first kappa shape index (κ1) is 10.5. The largest absolute Gasteiger partial charge is 0.464 e. The Balaban J connectivity index is 2.12. The quantitative estimate of drug-likeness (QED) is 0.368. The van der Waals surface area contributed by atoms with Crippen molar-refractivity contribution in [3.63, 3.8) is 0 Å². The Labute approximate surface area is 80.1 Å². The number of unbranched alkanes of at least 4 members (excludes halogenated alkanes) is 1. The van der Waals surface area contributed by atoms with Gasteiger partial charge in [0.25, 0.3) is 0 Å². The average Bonchev–Trinajstić information content (AvgIpc) is 2.83. The number of esters is 1. The number of carbonyl (C=O) groups excluding carboxylic acids is 1. The highest BCUT2D eigenvalue weighted by Crippen LogP contribution is 2.21. The molecule has 1 fully saturated rings. The zero-order valence-corrected chi connectivity index (χ0v) is 8.75. The standard InChI is InChI=1S/C10H19NO2/c1-4-5-6-13-10(12)9-7-11(9)8(2)3/h8-9H,4-7H2,1-3H3. The highest BCUT2D eigenvalue weighted by atomic mass is 16.5. The minimum atomic E-state index is -0.0397. The number of ether oxygens (including phenoxy) is 1. The van der Waals surface area contributed by atoms with Crippen LogP contribution < -0.4 is 0 Å². The fourth-order valence-corrected chi connectivity index (χ4v) is 1.35. The summed E-state index contributed by atoms with van der Waals surface area (Å²) in [5.41, 5.74) is 0. The summed E-state index contributed by atoms with van der Waals surface area (Å²) in [6.45, 7) is 7.74. The minimum Gasteiger partial charge on any atom is -0.464 e. The topological polar surface area (TPSA) is 29.3 Å². The summed E-state index contributed by atoms with van der Waals surface area (Å²) in [5, 5.41) is 0. The van der Waals surface area contributed by atoms with E-state index in [1.807, 2.05) is 0 Å². The molecule has 0 aromatic carbocycles. The molecule has 1 rings (SSSR count). The van der Waals surface area contributed by atoms with Gasteiger partial charge in [-0.15, -0.1) is 0 Å². The van der Waals surface area contributed by atoms with Crippen molar-refractivity contribution < 1.29 is 9.53 Å². The van der Waals surface area contributed by atoms with E-state index in [-0.39, 0.29) is 12.0 Å². The Hall–Kier alpha value is -0.570. The van der Waals surface area contributed by atoms with E-state index in [4.69, 9.17) is 4.74 Å². The monoisotopic (exact) mass is 185 g/mol. The van der Waals surface area contributed by atoms with Gasteiger partial charge in [-0.2, -0.15) is 0 Å². The van der Waals surface area contributed by atoms with Gasteiger partial charge in [0, 0.05) is 12.6 Å². The number of carbonyl (C=O) groups is 1. The second-order valence-corrected chi connectivity index (χ2v) is 3.83. The molecule has 3 nitrogen and oxygen atoms in total. The van der Waals surface area contributed by atoms with E-state index >= 15 is 0 Å². The molecule has 76 valence electrons. The Morgan fingerprint density at radius 2 is 2.31 bits per heavy atom. The van der Waals surface area contributed by atoms with Crippen molar-refractivity contribution in [2.45, 2.75) is 45.7 Å². The first-order chi connectivity index (χ1) is 6.16. The van der Waals surface area contributed by atoms with Crippen LogP contribution in [-0.2, 0) is 9.53 Å². The molecule has 1 saturated heterocycles. The lowest BCUT2D eigenvalue weighted by Crippen LogP contribution is -2.20. The summed E-state index contributed by atoms with van der Waals surface area (Å²) in [6, 6.07) is 0.514. The van der Waals surface area contributed by atoms with Crippen molar-refractivity contribution in [2.75, 3.05) is 13.2 Å². The normalized spacial score (nSPS) is 26.2. The minimum absolute atomic E-state index is 0.0397. The van der Waals surface area contributed by atoms with Gasteiger partial charge in [-0.25, -0.2) is 0 Å². The van der Waals surface area contributed by atoms with Crippen LogP contribution in [0.15, 0.2) is 0 Å². The third-order valence-electron chi connectivity index (χ3n) is 2.33. The predicted octanol–water partition coefficient (Wildman–Crippen LogP) is 1.42. The van der Waals surface area contributed by atoms with Gasteiger partial charge in [-0.1, -0.05) is 13.3 Å². The Bertz CT molecular complexity index is 180. The molecule has 0 aliphatic carbocycles. The van der Waals surface area contributed by atoms with E-state index in [2.05, 4.69) is 25.7 Å². The Kier molecular flexibility index (Phi) is 3.72. The number of nitrogens with zero attached hydrogens (tertiary/aromatic N) is 1. The molecular formula is C10H19NO2. The summed E-state index contributed by atoms with van der Waals surface area (Å²) < 4.78 is 5.11. The molecule has 13 heavy (non-hydrogen) atoms. The van der Waals surface area contributed by atoms with Crippen molar-refractivity contribution in [3.8, 4) is 0 Å². The SMILES string of the molecule is CCCCOC(=O)C1CN1C(C)C. The van der Waals surface area contributed by atoms with E-state index in [1.54, 1.807) is 0 Å². The maximum atomic E-state index is 11.3. The van der Waals surface area contributed by atoms with Crippen LogP contribution in [0.5, 0.6) is 0 Å². The first-order valence-corrected chi connectivity index (χ1v) is 5.09. The summed E-state index contributed by atoms with van der Waals surface area (Å²) in [7, 11) is 0. The molecule has 0 bridgehead atoms. The first-order valence-electron chi connectivity index (χ1n) is 5.09. The molecule has 0 aromatic rings. The van der Waals surface area contributed by atoms with E-state index in [0.717, 1.165) is 19.4 Å². The van der Waals surface area contributed by atoms with Crippen molar-refractivity contribution in [1.82, 2.24) is 4.90 Å². The molecule has 1 aliphatic heterocycles. The van der Waals surface area contributed by atoms with Gasteiger partial charge < -0.3 is 4.74 Å². The summed E-state index contributed by atoms with van der Waals surface area (Å²) in [5.74, 6) is -0.0397. The van der Waals surface area contributed by atoms with Crippen molar-refractivity contribution in [2.24, 2.45) is 0 Å². The molecule has 0 amide bonds. The number of hydrogen-bond donors (Lipinski definition) is 0. The van der Waals surface area contributed by atoms with Crippen LogP contribution in [0, 0.1) is 0 Å². The summed E-state index contributed by atoms with van der Waals surface area (Å²) in [4.78, 5) is 13.5. The summed E-state index contributed by atoms with van der Waals surface area (Å²) in [6.07, 6.45) is 2.05. The molecule has 0 radical (unpaired) electrons. The third kappa shape index (κ3) is 2.99. The zero-order valence-electron chi connectivity index (χ0n) is 8.75. The predicted molar refractivity (Wildman–Crippen MR) is 51.5 cm³/mol. The molecule has 0 spiro atoms. The van der Waals surface area contributed by atoms with Crippen molar-refractivity contribution >= 4 is 5.97 Å². The van der Waals surface area contributed by atoms with E-state index < -0.39 is 0 Å². The van der Waals surface area contributed by atoms with Gasteiger partial charge in [0.05, 0.1) is 6.61 Å². The van der Waals surface area contributed by atoms with Gasteiger partial charge in [-0.05, 0) is 20.3 Å². The maximum absolute atomic E-state index is 11.3. The second-order valence-electron chi connectivity index (χ2n) is 3.83. The van der Waals surface area contributed by atoms with Crippen LogP contribution in [0.2, 0.25) is 0 Å². The molecule has 2 unspecified atom stereocenters. The van der Waals surface area contributed by atoms with Crippen LogP contribution in [0.3, 0.4) is 0 Å². The molecule has 0 N–H and O–H groups in total. The maximum Gasteiger partial charge on any atom is 0.324 e. The third-order valence-corrected chi connectivity index (χ3v) is 2.33. The van der Waals surface area contributed by atoms with Gasteiger partial charge in [0.15, 0.2) is 0 Å². The molecule has 1 aliphatic rings. The van der Waals surface area contributed by atoms with Crippen molar-refractivity contribution in [1.29, 1.82) is 0 Å². The van der Waals surface area contributed by atoms with Crippen LogP contribution in [-0.4, -0.2) is 36.1 Å². The lowest BCUT2D eigenvalue weighted by atomic mass is 10.3. The molecule has 1 heterocycles. The molecule has 3 heteroatoms. The van der Waals surface area contributed by atoms with E-state index in [0.29, 0.717) is 12.6 Å². The highest BCUT2D eigenvalue weighted by Gasteiger charge is 2.42. The van der Waals surface area contributed by atoms with Crippen LogP contribution in [0.25, 0.3) is 0 Å². The van der Waals surface area contributed by atoms with Gasteiger partial charge >= 0.3 is 5.97 Å². The average molecular weight is 185 g/mol. The zero-order chi connectivity index (χ0) is 9.84. The van der Waals surface area contributed by atoms with Crippen LogP contribution >= 0.6 is 0 Å². The molecule has 0 saturated carbocycles. The van der Waals surface area contributed by atoms with Gasteiger partial charge in [-0.3, -0.25) is 9.69 Å². The van der Waals surface area contributed by atoms with Crippen molar-refractivity contribution in [3.05, 3.63) is 0 Å². The number of hydrogen-bond acceptors (Lipinski definition) is 3. The van der Waals surface area contributed by atoms with E-state index in [1.165, 1.54) is 0 Å². The second kappa shape index (κ2) is 4.61. The Morgan fingerprint density at radius 3 is 2.77 bits per heavy atom. The lowest BCUT2D eigenvalue weighted by Gasteiger charge is -2.07. The number of rotatable bonds is 5. The van der Waals surface area contributed by atoms with Gasteiger partial charge in [0.1, 0.15) is 6.04 Å². The smallest absolute Gasteiger partial charge is 0.324 e. The van der Waals surface area contributed by atoms with Crippen LogP contribution in [0.4, 0.5) is 0 Å². The van der Waals surface area contributed by atoms with Crippen LogP contribution in [0.1, 0.15) is 33.6 Å². The lowest BCUT2D eigenvalue weighted by molar-refractivity contribution is -0.144. The fourth-order valence-electron chi connectivity index (χ4n) is 1.35. The van der Waals surface area contributed by atoms with E-state index in [9.17, 15) is 4.79 Å². The Morgan fingerprint density at radius 1 is 1.62 bits per heavy atom. The fraction of sp³-hybridized carbons (Fsp3) is 0.900.